The van der Waals surface area contributed by atoms with Crippen LogP contribution in [0.15, 0.2) is 48.5 Å². The number of halogens is 1. The second kappa shape index (κ2) is 8.70. The van der Waals surface area contributed by atoms with Gasteiger partial charge in [-0.2, -0.15) is 0 Å². The maximum absolute atomic E-state index is 12.3. The third-order valence-corrected chi connectivity index (χ3v) is 3.87. The van der Waals surface area contributed by atoms with E-state index in [-0.39, 0.29) is 5.91 Å². The predicted octanol–water partition coefficient (Wildman–Crippen LogP) is 4.50. The number of hydrogen-bond donors (Lipinski definition) is 1. The molecule has 1 amide bonds. The SMILES string of the molecule is CCCN(CC(=O)Nc1ccc(C)cc1Cl)Cc1ccccc1. The van der Waals surface area contributed by atoms with Gasteiger partial charge in [-0.3, -0.25) is 9.69 Å². The van der Waals surface area contributed by atoms with Crippen molar-refractivity contribution in [1.82, 2.24) is 4.90 Å². The highest BCUT2D eigenvalue weighted by Gasteiger charge is 2.12. The van der Waals surface area contributed by atoms with Gasteiger partial charge >= 0.3 is 0 Å². The lowest BCUT2D eigenvalue weighted by Crippen LogP contribution is -2.33. The van der Waals surface area contributed by atoms with Crippen LogP contribution in [0.1, 0.15) is 24.5 Å². The minimum Gasteiger partial charge on any atom is -0.324 e. The fourth-order valence-electron chi connectivity index (χ4n) is 2.49. The highest BCUT2D eigenvalue weighted by Crippen LogP contribution is 2.22. The van der Waals surface area contributed by atoms with E-state index in [1.165, 1.54) is 5.56 Å². The second-order valence-electron chi connectivity index (χ2n) is 5.73. The van der Waals surface area contributed by atoms with Crippen molar-refractivity contribution < 1.29 is 4.79 Å². The van der Waals surface area contributed by atoms with Crippen LogP contribution in [-0.4, -0.2) is 23.9 Å². The van der Waals surface area contributed by atoms with Gasteiger partial charge in [0.2, 0.25) is 5.91 Å². The Balaban J connectivity index is 1.97. The van der Waals surface area contributed by atoms with Crippen molar-refractivity contribution in [2.45, 2.75) is 26.8 Å². The predicted molar refractivity (Wildman–Crippen MR) is 96.8 cm³/mol. The van der Waals surface area contributed by atoms with Crippen LogP contribution >= 0.6 is 11.6 Å². The molecule has 0 saturated heterocycles. The topological polar surface area (TPSA) is 32.3 Å². The number of nitrogens with one attached hydrogen (secondary N) is 1. The van der Waals surface area contributed by atoms with Gasteiger partial charge in [0.1, 0.15) is 0 Å². The quantitative estimate of drug-likeness (QED) is 0.810. The molecule has 2 aromatic carbocycles. The minimum atomic E-state index is -0.0415. The Labute approximate surface area is 143 Å². The number of benzene rings is 2. The Morgan fingerprint density at radius 3 is 2.57 bits per heavy atom. The van der Waals surface area contributed by atoms with Crippen LogP contribution in [0.4, 0.5) is 5.69 Å². The summed E-state index contributed by atoms with van der Waals surface area (Å²) in [6.45, 7) is 6.09. The number of rotatable bonds is 7. The summed E-state index contributed by atoms with van der Waals surface area (Å²) in [5.41, 5.74) is 2.95. The van der Waals surface area contributed by atoms with Crippen LogP contribution in [0.2, 0.25) is 5.02 Å². The van der Waals surface area contributed by atoms with Crippen molar-refractivity contribution in [1.29, 1.82) is 0 Å². The first-order valence-corrected chi connectivity index (χ1v) is 8.28. The molecular weight excluding hydrogens is 308 g/mol. The van der Waals surface area contributed by atoms with Crippen LogP contribution in [0.25, 0.3) is 0 Å². The van der Waals surface area contributed by atoms with Gasteiger partial charge in [-0.25, -0.2) is 0 Å². The van der Waals surface area contributed by atoms with Crippen LogP contribution in [0, 0.1) is 6.92 Å². The lowest BCUT2D eigenvalue weighted by Gasteiger charge is -2.21. The first-order valence-electron chi connectivity index (χ1n) is 7.90. The normalized spacial score (nSPS) is 10.8. The van der Waals surface area contributed by atoms with E-state index in [0.717, 1.165) is 25.1 Å². The molecule has 0 aliphatic carbocycles. The summed E-state index contributed by atoms with van der Waals surface area (Å²) in [7, 11) is 0. The average molecular weight is 331 g/mol. The van der Waals surface area contributed by atoms with Crippen LogP contribution in [0.3, 0.4) is 0 Å². The number of carbonyl (C=O) groups excluding carboxylic acids is 1. The van der Waals surface area contributed by atoms with Gasteiger partial charge in [-0.1, -0.05) is 54.9 Å². The molecule has 0 fully saturated rings. The molecule has 23 heavy (non-hydrogen) atoms. The van der Waals surface area contributed by atoms with Gasteiger partial charge in [0.15, 0.2) is 0 Å². The van der Waals surface area contributed by atoms with Gasteiger partial charge in [0, 0.05) is 6.54 Å². The van der Waals surface area contributed by atoms with Crippen molar-refractivity contribution in [3.8, 4) is 0 Å². The van der Waals surface area contributed by atoms with E-state index >= 15 is 0 Å². The number of amides is 1. The Bertz CT molecular complexity index is 643. The smallest absolute Gasteiger partial charge is 0.238 e. The van der Waals surface area contributed by atoms with E-state index in [9.17, 15) is 4.79 Å². The lowest BCUT2D eigenvalue weighted by molar-refractivity contribution is -0.117. The monoisotopic (exact) mass is 330 g/mol. The Hall–Kier alpha value is -1.84. The summed E-state index contributed by atoms with van der Waals surface area (Å²) in [4.78, 5) is 14.5. The molecule has 0 spiro atoms. The zero-order valence-electron chi connectivity index (χ0n) is 13.7. The number of hydrogen-bond acceptors (Lipinski definition) is 2. The van der Waals surface area contributed by atoms with E-state index in [4.69, 9.17) is 11.6 Å². The third-order valence-electron chi connectivity index (χ3n) is 3.55. The minimum absolute atomic E-state index is 0.0415. The maximum atomic E-state index is 12.3. The first-order chi connectivity index (χ1) is 11.1. The molecule has 0 radical (unpaired) electrons. The van der Waals surface area contributed by atoms with E-state index < -0.39 is 0 Å². The lowest BCUT2D eigenvalue weighted by atomic mass is 10.2. The molecule has 0 aliphatic rings. The molecule has 3 nitrogen and oxygen atoms in total. The molecule has 0 aliphatic heterocycles. The zero-order chi connectivity index (χ0) is 16.7. The third kappa shape index (κ3) is 5.70. The summed E-state index contributed by atoms with van der Waals surface area (Å²) in [5.74, 6) is -0.0415. The molecule has 2 rings (SSSR count). The van der Waals surface area contributed by atoms with Crippen molar-refractivity contribution in [3.63, 3.8) is 0 Å². The van der Waals surface area contributed by atoms with Gasteiger partial charge < -0.3 is 5.32 Å². The highest BCUT2D eigenvalue weighted by atomic mass is 35.5. The van der Waals surface area contributed by atoms with E-state index in [2.05, 4.69) is 29.3 Å². The summed E-state index contributed by atoms with van der Waals surface area (Å²) in [6, 6.07) is 15.8. The number of anilines is 1. The summed E-state index contributed by atoms with van der Waals surface area (Å²) in [5, 5.41) is 3.47. The first kappa shape index (κ1) is 17.5. The number of aryl methyl sites for hydroxylation is 1. The molecule has 0 atom stereocenters. The molecular formula is C19H23ClN2O. The Morgan fingerprint density at radius 1 is 1.17 bits per heavy atom. The fraction of sp³-hybridized carbons (Fsp3) is 0.316. The molecule has 0 saturated carbocycles. The summed E-state index contributed by atoms with van der Waals surface area (Å²) >= 11 is 6.17. The molecule has 0 heterocycles. The zero-order valence-corrected chi connectivity index (χ0v) is 14.4. The van der Waals surface area contributed by atoms with Gasteiger partial charge in [-0.15, -0.1) is 0 Å². The number of carbonyl (C=O) groups is 1. The molecule has 0 unspecified atom stereocenters. The summed E-state index contributed by atoms with van der Waals surface area (Å²) < 4.78 is 0. The van der Waals surface area contributed by atoms with Crippen molar-refractivity contribution in [3.05, 3.63) is 64.7 Å². The standard InChI is InChI=1S/C19H23ClN2O/c1-3-11-22(13-16-7-5-4-6-8-16)14-19(23)21-18-10-9-15(2)12-17(18)20/h4-10,12H,3,11,13-14H2,1-2H3,(H,21,23). The molecule has 1 N–H and O–H groups in total. The van der Waals surface area contributed by atoms with E-state index in [1.54, 1.807) is 0 Å². The van der Waals surface area contributed by atoms with Gasteiger partial charge in [0.25, 0.3) is 0 Å². The average Bonchev–Trinajstić information content (AvgIpc) is 2.51. The van der Waals surface area contributed by atoms with Crippen molar-refractivity contribution in [2.24, 2.45) is 0 Å². The fourth-order valence-corrected chi connectivity index (χ4v) is 2.77. The van der Waals surface area contributed by atoms with E-state index in [0.29, 0.717) is 17.3 Å². The van der Waals surface area contributed by atoms with Crippen LogP contribution in [0.5, 0.6) is 0 Å². The second-order valence-corrected chi connectivity index (χ2v) is 6.13. The molecule has 122 valence electrons. The van der Waals surface area contributed by atoms with Crippen LogP contribution in [-0.2, 0) is 11.3 Å². The van der Waals surface area contributed by atoms with Gasteiger partial charge in [-0.05, 0) is 43.1 Å². The van der Waals surface area contributed by atoms with Gasteiger partial charge in [0.05, 0.1) is 17.3 Å². The maximum Gasteiger partial charge on any atom is 0.238 e. The van der Waals surface area contributed by atoms with Crippen LogP contribution < -0.4 is 5.32 Å². The molecule has 2 aromatic rings. The molecule has 0 bridgehead atoms. The molecule has 4 heteroatoms. The summed E-state index contributed by atoms with van der Waals surface area (Å²) in [6.07, 6.45) is 1.01. The van der Waals surface area contributed by atoms with Crippen molar-refractivity contribution >= 4 is 23.2 Å². The van der Waals surface area contributed by atoms with E-state index in [1.807, 2.05) is 43.3 Å². The van der Waals surface area contributed by atoms with Crippen molar-refractivity contribution in [2.75, 3.05) is 18.4 Å². The number of nitrogens with zero attached hydrogens (tertiary/aromatic N) is 1. The Kier molecular flexibility index (Phi) is 6.63. The largest absolute Gasteiger partial charge is 0.324 e. The Morgan fingerprint density at radius 2 is 1.91 bits per heavy atom. The highest BCUT2D eigenvalue weighted by molar-refractivity contribution is 6.33. The molecule has 0 aromatic heterocycles.